The zero-order valence-corrected chi connectivity index (χ0v) is 16.9. The van der Waals surface area contributed by atoms with E-state index in [0.29, 0.717) is 5.56 Å². The molecule has 25 heavy (non-hydrogen) atoms. The molecule has 0 aromatic heterocycles. The molecule has 1 N–H and O–H groups in total. The Bertz CT molecular complexity index is 707. The molecule has 0 heterocycles. The molecule has 0 atom stereocenters. The van der Waals surface area contributed by atoms with Gasteiger partial charge in [0.15, 0.2) is 0 Å². The molecule has 0 saturated carbocycles. The molecule has 2 aromatic rings. The summed E-state index contributed by atoms with van der Waals surface area (Å²) in [7, 11) is 0. The van der Waals surface area contributed by atoms with Crippen LogP contribution in [0.1, 0.15) is 42.6 Å². The third kappa shape index (κ3) is 5.85. The number of nitrogens with one attached hydrogen (secondary N) is 1. The van der Waals surface area contributed by atoms with Gasteiger partial charge in [-0.05, 0) is 65.3 Å². The van der Waals surface area contributed by atoms with Crippen molar-refractivity contribution < 1.29 is 4.79 Å². The first-order valence-corrected chi connectivity index (χ1v) is 9.66. The number of anilines is 1. The highest BCUT2D eigenvalue weighted by atomic mass is 127. The lowest BCUT2D eigenvalue weighted by molar-refractivity contribution is 0.0954. The minimum Gasteiger partial charge on any atom is -0.372 e. The van der Waals surface area contributed by atoms with Crippen LogP contribution < -0.4 is 10.3 Å². The standard InChI is InChI=1S/C20H24IN3O/c1-3-13-24(14-4-2)17-11-9-16(10-12-17)15-22-23-20(25)18-7-5-6-8-19(18)21/h5-12,15H,3-4,13-14H2,1-2H3,(H,23,25)/b22-15+. The number of hydrogen-bond donors (Lipinski definition) is 1. The Morgan fingerprint density at radius 1 is 1.08 bits per heavy atom. The molecule has 2 aromatic carbocycles. The number of benzene rings is 2. The van der Waals surface area contributed by atoms with Gasteiger partial charge in [0.25, 0.3) is 5.91 Å². The Balaban J connectivity index is 1.97. The van der Waals surface area contributed by atoms with Gasteiger partial charge in [0.05, 0.1) is 11.8 Å². The summed E-state index contributed by atoms with van der Waals surface area (Å²) in [5.41, 5.74) is 5.40. The monoisotopic (exact) mass is 449 g/mol. The number of hydrogen-bond acceptors (Lipinski definition) is 3. The van der Waals surface area contributed by atoms with E-state index >= 15 is 0 Å². The fourth-order valence-corrected chi connectivity index (χ4v) is 3.18. The number of nitrogens with zero attached hydrogens (tertiary/aromatic N) is 2. The molecule has 2 rings (SSSR count). The number of amides is 1. The van der Waals surface area contributed by atoms with Crippen molar-refractivity contribution in [2.45, 2.75) is 26.7 Å². The largest absolute Gasteiger partial charge is 0.372 e. The van der Waals surface area contributed by atoms with Crippen LogP contribution in [0, 0.1) is 3.57 Å². The summed E-state index contributed by atoms with van der Waals surface area (Å²) >= 11 is 2.14. The number of carbonyl (C=O) groups excluding carboxylic acids is 1. The Hall–Kier alpha value is -1.89. The van der Waals surface area contributed by atoms with Gasteiger partial charge >= 0.3 is 0 Å². The first-order valence-electron chi connectivity index (χ1n) is 8.58. The Morgan fingerprint density at radius 2 is 1.72 bits per heavy atom. The smallest absolute Gasteiger partial charge is 0.272 e. The van der Waals surface area contributed by atoms with Crippen molar-refractivity contribution in [1.82, 2.24) is 5.43 Å². The molecule has 0 fully saturated rings. The maximum absolute atomic E-state index is 12.1. The van der Waals surface area contributed by atoms with Crippen molar-refractivity contribution in [2.24, 2.45) is 5.10 Å². The third-order valence-electron chi connectivity index (χ3n) is 3.74. The molecular formula is C20H24IN3O. The summed E-state index contributed by atoms with van der Waals surface area (Å²) in [6.07, 6.45) is 3.93. The molecule has 0 bridgehead atoms. The molecule has 132 valence electrons. The molecule has 0 aliphatic carbocycles. The van der Waals surface area contributed by atoms with Gasteiger partial charge < -0.3 is 4.90 Å². The summed E-state index contributed by atoms with van der Waals surface area (Å²) in [5, 5.41) is 4.06. The van der Waals surface area contributed by atoms with Crippen LogP contribution in [0.5, 0.6) is 0 Å². The maximum atomic E-state index is 12.1. The van der Waals surface area contributed by atoms with E-state index in [1.807, 2.05) is 30.3 Å². The zero-order valence-electron chi connectivity index (χ0n) is 14.7. The minimum atomic E-state index is -0.199. The summed E-state index contributed by atoms with van der Waals surface area (Å²) in [4.78, 5) is 14.5. The van der Waals surface area contributed by atoms with E-state index in [0.717, 1.165) is 35.1 Å². The SMILES string of the molecule is CCCN(CCC)c1ccc(/C=N/NC(=O)c2ccccc2I)cc1. The summed E-state index contributed by atoms with van der Waals surface area (Å²) in [5.74, 6) is -0.199. The van der Waals surface area contributed by atoms with Gasteiger partial charge in [-0.25, -0.2) is 5.43 Å². The van der Waals surface area contributed by atoms with E-state index in [1.54, 1.807) is 12.3 Å². The quantitative estimate of drug-likeness (QED) is 0.361. The minimum absolute atomic E-state index is 0.199. The van der Waals surface area contributed by atoms with E-state index < -0.39 is 0 Å². The molecule has 4 nitrogen and oxygen atoms in total. The van der Waals surface area contributed by atoms with Gasteiger partial charge in [0.1, 0.15) is 0 Å². The van der Waals surface area contributed by atoms with Crippen molar-refractivity contribution in [3.63, 3.8) is 0 Å². The van der Waals surface area contributed by atoms with Crippen LogP contribution in [0.15, 0.2) is 53.6 Å². The van der Waals surface area contributed by atoms with Crippen LogP contribution in [-0.2, 0) is 0 Å². The molecule has 0 aliphatic heterocycles. The highest BCUT2D eigenvalue weighted by molar-refractivity contribution is 14.1. The number of hydrazone groups is 1. The lowest BCUT2D eigenvalue weighted by Crippen LogP contribution is -2.24. The van der Waals surface area contributed by atoms with Gasteiger partial charge in [0.2, 0.25) is 0 Å². The molecule has 0 spiro atoms. The normalized spacial score (nSPS) is 10.8. The molecular weight excluding hydrogens is 425 g/mol. The predicted octanol–water partition coefficient (Wildman–Crippen LogP) is 4.68. The Kier molecular flexibility index (Phi) is 7.91. The lowest BCUT2D eigenvalue weighted by Gasteiger charge is -2.23. The fraction of sp³-hybridized carbons (Fsp3) is 0.300. The van der Waals surface area contributed by atoms with Gasteiger partial charge in [-0.1, -0.05) is 38.1 Å². The van der Waals surface area contributed by atoms with Gasteiger partial charge in [0, 0.05) is 22.3 Å². The predicted molar refractivity (Wildman–Crippen MR) is 113 cm³/mol. The topological polar surface area (TPSA) is 44.7 Å². The zero-order chi connectivity index (χ0) is 18.1. The van der Waals surface area contributed by atoms with Gasteiger partial charge in [-0.3, -0.25) is 4.79 Å². The van der Waals surface area contributed by atoms with Gasteiger partial charge in [-0.2, -0.15) is 5.10 Å². The molecule has 0 aliphatic rings. The fourth-order valence-electron chi connectivity index (χ4n) is 2.55. The third-order valence-corrected chi connectivity index (χ3v) is 4.68. The van der Waals surface area contributed by atoms with Crippen molar-refractivity contribution in [1.29, 1.82) is 0 Å². The summed E-state index contributed by atoms with van der Waals surface area (Å²) in [6.45, 7) is 6.51. The van der Waals surface area contributed by atoms with Crippen LogP contribution >= 0.6 is 22.6 Å². The van der Waals surface area contributed by atoms with Crippen molar-refractivity contribution in [3.05, 3.63) is 63.2 Å². The van der Waals surface area contributed by atoms with Crippen molar-refractivity contribution >= 4 is 40.4 Å². The average molecular weight is 449 g/mol. The molecule has 0 unspecified atom stereocenters. The second kappa shape index (κ2) is 10.2. The Morgan fingerprint density at radius 3 is 2.32 bits per heavy atom. The second-order valence-electron chi connectivity index (χ2n) is 5.76. The van der Waals surface area contributed by atoms with Crippen molar-refractivity contribution in [2.75, 3.05) is 18.0 Å². The highest BCUT2D eigenvalue weighted by Crippen LogP contribution is 2.15. The molecule has 1 amide bonds. The van der Waals surface area contributed by atoms with Crippen LogP contribution in [0.2, 0.25) is 0 Å². The average Bonchev–Trinajstić information content (AvgIpc) is 2.62. The maximum Gasteiger partial charge on any atom is 0.272 e. The van der Waals surface area contributed by atoms with Gasteiger partial charge in [-0.15, -0.1) is 0 Å². The summed E-state index contributed by atoms with van der Waals surface area (Å²) < 4.78 is 0.907. The highest BCUT2D eigenvalue weighted by Gasteiger charge is 2.07. The number of halogens is 1. The first-order chi connectivity index (χ1) is 12.2. The van der Waals surface area contributed by atoms with E-state index in [2.05, 4.69) is 64.0 Å². The molecule has 5 heteroatoms. The van der Waals surface area contributed by atoms with E-state index in [1.165, 1.54) is 5.69 Å². The van der Waals surface area contributed by atoms with E-state index in [9.17, 15) is 4.79 Å². The van der Waals surface area contributed by atoms with Crippen LogP contribution in [0.25, 0.3) is 0 Å². The van der Waals surface area contributed by atoms with E-state index in [-0.39, 0.29) is 5.91 Å². The number of carbonyl (C=O) groups is 1. The number of rotatable bonds is 8. The van der Waals surface area contributed by atoms with E-state index in [4.69, 9.17) is 0 Å². The van der Waals surface area contributed by atoms with Crippen LogP contribution in [-0.4, -0.2) is 25.2 Å². The van der Waals surface area contributed by atoms with Crippen LogP contribution in [0.3, 0.4) is 0 Å². The molecule has 0 saturated heterocycles. The second-order valence-corrected chi connectivity index (χ2v) is 6.92. The Labute approximate surface area is 163 Å². The summed E-state index contributed by atoms with van der Waals surface area (Å²) in [6, 6.07) is 15.7. The molecule has 0 radical (unpaired) electrons. The first kappa shape index (κ1) is 19.4. The van der Waals surface area contributed by atoms with Crippen molar-refractivity contribution in [3.8, 4) is 0 Å². The lowest BCUT2D eigenvalue weighted by atomic mass is 10.2. The van der Waals surface area contributed by atoms with Crippen LogP contribution in [0.4, 0.5) is 5.69 Å².